The van der Waals surface area contributed by atoms with Crippen molar-refractivity contribution in [3.05, 3.63) is 35.4 Å². The predicted octanol–water partition coefficient (Wildman–Crippen LogP) is 4.44. The molecule has 0 nitrogen and oxygen atoms in total. The van der Waals surface area contributed by atoms with Gasteiger partial charge in [0.05, 0.1) is 0 Å². The van der Waals surface area contributed by atoms with Crippen LogP contribution in [0.15, 0.2) is 18.2 Å². The molecule has 0 spiro atoms. The van der Waals surface area contributed by atoms with Crippen LogP contribution in [-0.4, -0.2) is 12.1 Å². The molecular formula is C9H4ClF7. The van der Waals surface area contributed by atoms with Gasteiger partial charge in [-0.25, -0.2) is 8.78 Å². The van der Waals surface area contributed by atoms with E-state index in [4.69, 9.17) is 11.6 Å². The highest BCUT2D eigenvalue weighted by Crippen LogP contribution is 2.47. The molecule has 0 fully saturated rings. The van der Waals surface area contributed by atoms with E-state index < -0.39 is 34.7 Å². The summed E-state index contributed by atoms with van der Waals surface area (Å²) in [6.45, 7) is 0. The number of rotatable bonds is 2. The Labute approximate surface area is 96.0 Å². The van der Waals surface area contributed by atoms with Crippen molar-refractivity contribution in [2.24, 2.45) is 0 Å². The Hall–Kier alpha value is -0.980. The number of alkyl halides is 6. The largest absolute Gasteiger partial charge is 0.455 e. The topological polar surface area (TPSA) is 0 Å². The second-order valence-corrected chi connectivity index (χ2v) is 3.59. The monoisotopic (exact) mass is 280 g/mol. The van der Waals surface area contributed by atoms with Crippen LogP contribution in [0.1, 0.15) is 10.9 Å². The van der Waals surface area contributed by atoms with Gasteiger partial charge in [0, 0.05) is 0 Å². The fraction of sp³-hybridized carbons (Fsp3) is 0.333. The summed E-state index contributed by atoms with van der Waals surface area (Å²) in [4.78, 5) is 0. The number of benzene rings is 1. The molecule has 0 aliphatic carbocycles. The first-order chi connectivity index (χ1) is 7.57. The summed E-state index contributed by atoms with van der Waals surface area (Å²) in [6.07, 6.45) is -5.87. The summed E-state index contributed by atoms with van der Waals surface area (Å²) in [5, 5.41) is -2.82. The lowest BCUT2D eigenvalue weighted by atomic mass is 10.1. The van der Waals surface area contributed by atoms with Gasteiger partial charge < -0.3 is 0 Å². The van der Waals surface area contributed by atoms with E-state index in [0.29, 0.717) is 12.1 Å². The zero-order chi connectivity index (χ0) is 13.4. The maximum absolute atomic E-state index is 12.8. The van der Waals surface area contributed by atoms with E-state index in [-0.39, 0.29) is 6.07 Å². The molecule has 1 unspecified atom stereocenters. The second kappa shape index (κ2) is 4.36. The molecule has 0 aliphatic heterocycles. The van der Waals surface area contributed by atoms with Gasteiger partial charge in [-0.3, -0.25) is 0 Å². The van der Waals surface area contributed by atoms with Crippen LogP contribution in [0, 0.1) is 11.6 Å². The lowest BCUT2D eigenvalue weighted by Gasteiger charge is -2.24. The molecule has 0 radical (unpaired) electrons. The van der Waals surface area contributed by atoms with Gasteiger partial charge in [-0.1, -0.05) is 6.07 Å². The van der Waals surface area contributed by atoms with E-state index in [9.17, 15) is 30.7 Å². The first kappa shape index (κ1) is 14.1. The fourth-order valence-electron chi connectivity index (χ4n) is 1.02. The van der Waals surface area contributed by atoms with E-state index >= 15 is 0 Å². The average Bonchev–Trinajstić information content (AvgIpc) is 2.19. The van der Waals surface area contributed by atoms with Crippen LogP contribution in [0.2, 0.25) is 0 Å². The molecule has 17 heavy (non-hydrogen) atoms. The van der Waals surface area contributed by atoms with Gasteiger partial charge in [0.2, 0.25) is 0 Å². The van der Waals surface area contributed by atoms with E-state index in [1.165, 1.54) is 0 Å². The van der Waals surface area contributed by atoms with Crippen LogP contribution in [0.4, 0.5) is 30.7 Å². The Morgan fingerprint density at radius 1 is 0.941 bits per heavy atom. The summed E-state index contributed by atoms with van der Waals surface area (Å²) in [5.74, 6) is -8.15. The quantitative estimate of drug-likeness (QED) is 0.555. The van der Waals surface area contributed by atoms with Crippen molar-refractivity contribution in [1.29, 1.82) is 0 Å². The molecule has 0 amide bonds. The van der Waals surface area contributed by atoms with Crippen molar-refractivity contribution in [3.63, 3.8) is 0 Å². The summed E-state index contributed by atoms with van der Waals surface area (Å²) in [6, 6.07) is 1.19. The van der Waals surface area contributed by atoms with E-state index in [1.807, 2.05) is 0 Å². The Balaban J connectivity index is 3.12. The Kier molecular flexibility index (Phi) is 3.61. The van der Waals surface area contributed by atoms with Crippen molar-refractivity contribution >= 4 is 11.6 Å². The SMILES string of the molecule is Fc1ccc(C(Cl)C(F)(F)C(F)(F)F)cc1F. The molecule has 0 saturated carbocycles. The Morgan fingerprint density at radius 2 is 1.47 bits per heavy atom. The highest BCUT2D eigenvalue weighted by atomic mass is 35.5. The van der Waals surface area contributed by atoms with Crippen molar-refractivity contribution in [2.75, 3.05) is 0 Å². The zero-order valence-corrected chi connectivity index (χ0v) is 8.59. The molecule has 0 heterocycles. The summed E-state index contributed by atoms with van der Waals surface area (Å²) < 4.78 is 86.5. The average molecular weight is 281 g/mol. The number of hydrogen-bond donors (Lipinski definition) is 0. The molecule has 8 heteroatoms. The molecular weight excluding hydrogens is 277 g/mol. The molecule has 1 aromatic rings. The molecule has 0 N–H and O–H groups in total. The Morgan fingerprint density at radius 3 is 1.88 bits per heavy atom. The predicted molar refractivity (Wildman–Crippen MR) is 46.0 cm³/mol. The maximum Gasteiger partial charge on any atom is 0.455 e. The third-order valence-electron chi connectivity index (χ3n) is 1.93. The molecule has 0 aromatic heterocycles. The van der Waals surface area contributed by atoms with Gasteiger partial charge in [-0.15, -0.1) is 11.6 Å². The summed E-state index contributed by atoms with van der Waals surface area (Å²) in [5.41, 5.74) is -0.854. The molecule has 0 saturated heterocycles. The van der Waals surface area contributed by atoms with Gasteiger partial charge in [0.1, 0.15) is 5.38 Å². The maximum atomic E-state index is 12.8. The van der Waals surface area contributed by atoms with Gasteiger partial charge >= 0.3 is 12.1 Å². The second-order valence-electron chi connectivity index (χ2n) is 3.16. The molecule has 1 rings (SSSR count). The summed E-state index contributed by atoms with van der Waals surface area (Å²) in [7, 11) is 0. The minimum absolute atomic E-state index is 0.201. The van der Waals surface area contributed by atoms with E-state index in [2.05, 4.69) is 0 Å². The molecule has 1 atom stereocenters. The molecule has 96 valence electrons. The zero-order valence-electron chi connectivity index (χ0n) is 7.83. The van der Waals surface area contributed by atoms with Crippen LogP contribution < -0.4 is 0 Å². The van der Waals surface area contributed by atoms with Crippen molar-refractivity contribution in [1.82, 2.24) is 0 Å². The highest BCUT2D eigenvalue weighted by Gasteiger charge is 2.62. The number of hydrogen-bond acceptors (Lipinski definition) is 0. The van der Waals surface area contributed by atoms with Crippen LogP contribution in [-0.2, 0) is 0 Å². The lowest BCUT2D eigenvalue weighted by molar-refractivity contribution is -0.283. The fourth-order valence-corrected chi connectivity index (χ4v) is 1.28. The standard InChI is InChI=1S/C9H4ClF7/c10-7(8(13,14)9(15,16)17)4-1-2-5(11)6(12)3-4/h1-3,7H. The van der Waals surface area contributed by atoms with Gasteiger partial charge in [-0.2, -0.15) is 22.0 Å². The minimum Gasteiger partial charge on any atom is -0.204 e. The van der Waals surface area contributed by atoms with Crippen LogP contribution in [0.25, 0.3) is 0 Å². The first-order valence-corrected chi connectivity index (χ1v) is 4.54. The third kappa shape index (κ3) is 2.65. The van der Waals surface area contributed by atoms with E-state index in [0.717, 1.165) is 0 Å². The molecule has 0 bridgehead atoms. The molecule has 1 aromatic carbocycles. The summed E-state index contributed by atoms with van der Waals surface area (Å²) >= 11 is 4.95. The van der Waals surface area contributed by atoms with Gasteiger partial charge in [0.15, 0.2) is 11.6 Å². The van der Waals surface area contributed by atoms with Gasteiger partial charge in [0.25, 0.3) is 0 Å². The highest BCUT2D eigenvalue weighted by molar-refractivity contribution is 6.21. The Bertz CT molecular complexity index is 412. The van der Waals surface area contributed by atoms with Crippen molar-refractivity contribution < 1.29 is 30.7 Å². The van der Waals surface area contributed by atoms with Crippen LogP contribution in [0.3, 0.4) is 0 Å². The number of halogens is 8. The third-order valence-corrected chi connectivity index (χ3v) is 2.46. The van der Waals surface area contributed by atoms with Crippen molar-refractivity contribution in [3.8, 4) is 0 Å². The molecule has 0 aliphatic rings. The van der Waals surface area contributed by atoms with Crippen LogP contribution >= 0.6 is 11.6 Å². The van der Waals surface area contributed by atoms with Crippen molar-refractivity contribution in [2.45, 2.75) is 17.5 Å². The lowest BCUT2D eigenvalue weighted by Crippen LogP contribution is -2.40. The minimum atomic E-state index is -5.87. The smallest absolute Gasteiger partial charge is 0.204 e. The first-order valence-electron chi connectivity index (χ1n) is 4.11. The normalized spacial score (nSPS) is 14.8. The van der Waals surface area contributed by atoms with Crippen LogP contribution in [0.5, 0.6) is 0 Å². The van der Waals surface area contributed by atoms with E-state index in [1.54, 1.807) is 0 Å². The van der Waals surface area contributed by atoms with Gasteiger partial charge in [-0.05, 0) is 17.7 Å².